The summed E-state index contributed by atoms with van der Waals surface area (Å²) in [5.74, 6) is 0.803. The van der Waals surface area contributed by atoms with Gasteiger partial charge >= 0.3 is 0 Å². The highest BCUT2D eigenvalue weighted by atomic mass is 35.5. The van der Waals surface area contributed by atoms with Crippen molar-refractivity contribution in [2.45, 2.75) is 13.1 Å². The summed E-state index contributed by atoms with van der Waals surface area (Å²) in [5.41, 5.74) is 1.11. The number of nitrogens with zero attached hydrogens (tertiary/aromatic N) is 4. The molecule has 0 aromatic carbocycles. The predicted octanol–water partition coefficient (Wildman–Crippen LogP) is 0.643. The van der Waals surface area contributed by atoms with Gasteiger partial charge in [0.1, 0.15) is 5.82 Å². The fraction of sp³-hybridized carbons (Fsp3) is 0.400. The van der Waals surface area contributed by atoms with Crippen molar-refractivity contribution in [2.24, 2.45) is 7.05 Å². The molecule has 0 spiro atoms. The number of aliphatic hydroxyl groups is 1. The number of hydrogen-bond donors (Lipinski definition) is 2. The third-order valence-corrected chi connectivity index (χ3v) is 2.20. The zero-order valence-electron chi connectivity index (χ0n) is 9.58. The molecule has 0 unspecified atom stereocenters. The van der Waals surface area contributed by atoms with E-state index in [2.05, 4.69) is 15.5 Å². The number of rotatable bonds is 5. The van der Waals surface area contributed by atoms with Crippen LogP contribution in [0.5, 0.6) is 0 Å². The number of halogens is 1. The predicted molar refractivity (Wildman–Crippen MR) is 67.1 cm³/mol. The zero-order chi connectivity index (χ0) is 11.4. The van der Waals surface area contributed by atoms with Gasteiger partial charge in [-0.15, -0.1) is 12.4 Å². The van der Waals surface area contributed by atoms with E-state index in [-0.39, 0.29) is 19.0 Å². The quantitative estimate of drug-likeness (QED) is 0.825. The van der Waals surface area contributed by atoms with Crippen molar-refractivity contribution in [1.82, 2.24) is 19.6 Å². The number of aliphatic hydroxyl groups excluding tert-OH is 1. The Morgan fingerprint density at radius 3 is 2.94 bits per heavy atom. The van der Waals surface area contributed by atoms with Gasteiger partial charge in [-0.2, -0.15) is 10.2 Å². The lowest BCUT2D eigenvalue weighted by molar-refractivity contribution is 0.269. The molecule has 0 radical (unpaired) electrons. The number of anilines is 1. The van der Waals surface area contributed by atoms with Gasteiger partial charge in [0.15, 0.2) is 0 Å². The minimum atomic E-state index is 0. The molecular weight excluding hydrogens is 242 g/mol. The summed E-state index contributed by atoms with van der Waals surface area (Å²) in [6, 6.07) is 1.88. The standard InChI is InChI=1S/C10H15N5O.ClH/c1-14-8-9(7-12-14)6-11-10-2-3-15(13-10)4-5-16;/h2-3,7-8,16H,4-6H2,1H3,(H,11,13);1H. The van der Waals surface area contributed by atoms with Gasteiger partial charge in [-0.05, 0) is 0 Å². The summed E-state index contributed by atoms with van der Waals surface area (Å²) in [6.07, 6.45) is 5.61. The van der Waals surface area contributed by atoms with Gasteiger partial charge in [0.2, 0.25) is 0 Å². The van der Waals surface area contributed by atoms with Gasteiger partial charge in [0.25, 0.3) is 0 Å². The minimum absolute atomic E-state index is 0. The minimum Gasteiger partial charge on any atom is -0.394 e. The van der Waals surface area contributed by atoms with Crippen molar-refractivity contribution in [3.63, 3.8) is 0 Å². The van der Waals surface area contributed by atoms with Crippen LogP contribution < -0.4 is 5.32 Å². The van der Waals surface area contributed by atoms with Crippen LogP contribution in [0, 0.1) is 0 Å². The van der Waals surface area contributed by atoms with Gasteiger partial charge in [-0.25, -0.2) is 0 Å². The van der Waals surface area contributed by atoms with E-state index in [9.17, 15) is 0 Å². The third kappa shape index (κ3) is 3.76. The van der Waals surface area contributed by atoms with Crippen LogP contribution in [0.15, 0.2) is 24.7 Å². The summed E-state index contributed by atoms with van der Waals surface area (Å²) in [4.78, 5) is 0. The Kier molecular flexibility index (Phi) is 4.99. The molecule has 2 N–H and O–H groups in total. The number of hydrogen-bond acceptors (Lipinski definition) is 4. The van der Waals surface area contributed by atoms with Crippen LogP contribution in [0.4, 0.5) is 5.82 Å². The van der Waals surface area contributed by atoms with Crippen LogP contribution in [-0.4, -0.2) is 31.3 Å². The average molecular weight is 258 g/mol. The molecule has 0 bridgehead atoms. The Morgan fingerprint density at radius 1 is 1.47 bits per heavy atom. The van der Waals surface area contributed by atoms with Crippen molar-refractivity contribution < 1.29 is 5.11 Å². The van der Waals surface area contributed by atoms with Crippen LogP contribution in [0.1, 0.15) is 5.56 Å². The Bertz CT molecular complexity index is 453. The second kappa shape index (κ2) is 6.27. The maximum Gasteiger partial charge on any atom is 0.148 e. The summed E-state index contributed by atoms with van der Waals surface area (Å²) >= 11 is 0. The highest BCUT2D eigenvalue weighted by molar-refractivity contribution is 5.85. The number of aryl methyl sites for hydroxylation is 1. The third-order valence-electron chi connectivity index (χ3n) is 2.20. The van der Waals surface area contributed by atoms with Crippen molar-refractivity contribution in [3.05, 3.63) is 30.2 Å². The highest BCUT2D eigenvalue weighted by Crippen LogP contribution is 2.05. The lowest BCUT2D eigenvalue weighted by atomic mass is 10.3. The molecule has 0 atom stereocenters. The van der Waals surface area contributed by atoms with Crippen molar-refractivity contribution in [2.75, 3.05) is 11.9 Å². The first kappa shape index (κ1) is 13.5. The van der Waals surface area contributed by atoms with Crippen molar-refractivity contribution in [1.29, 1.82) is 0 Å². The molecule has 0 saturated heterocycles. The summed E-state index contributed by atoms with van der Waals surface area (Å²) in [5, 5.41) is 20.3. The summed E-state index contributed by atoms with van der Waals surface area (Å²) in [7, 11) is 1.89. The van der Waals surface area contributed by atoms with E-state index < -0.39 is 0 Å². The van der Waals surface area contributed by atoms with Crippen LogP contribution in [0.2, 0.25) is 0 Å². The molecule has 0 aliphatic rings. The van der Waals surface area contributed by atoms with E-state index in [4.69, 9.17) is 5.11 Å². The average Bonchev–Trinajstić information content (AvgIpc) is 2.85. The smallest absolute Gasteiger partial charge is 0.148 e. The molecular formula is C10H16ClN5O. The fourth-order valence-electron chi connectivity index (χ4n) is 1.44. The largest absolute Gasteiger partial charge is 0.394 e. The van der Waals surface area contributed by atoms with Crippen molar-refractivity contribution in [3.8, 4) is 0 Å². The second-order valence-corrected chi connectivity index (χ2v) is 3.56. The monoisotopic (exact) mass is 257 g/mol. The van der Waals surface area contributed by atoms with E-state index in [0.29, 0.717) is 13.1 Å². The van der Waals surface area contributed by atoms with E-state index in [0.717, 1.165) is 11.4 Å². The van der Waals surface area contributed by atoms with Crippen LogP contribution in [0.3, 0.4) is 0 Å². The molecule has 6 nitrogen and oxygen atoms in total. The Hall–Kier alpha value is -1.53. The fourth-order valence-corrected chi connectivity index (χ4v) is 1.44. The molecule has 2 rings (SSSR count). The molecule has 2 aromatic rings. The molecule has 2 aromatic heterocycles. The molecule has 2 heterocycles. The molecule has 0 fully saturated rings. The topological polar surface area (TPSA) is 67.9 Å². The van der Waals surface area contributed by atoms with Gasteiger partial charge < -0.3 is 10.4 Å². The first-order valence-corrected chi connectivity index (χ1v) is 5.13. The van der Waals surface area contributed by atoms with E-state index in [1.165, 1.54) is 0 Å². The van der Waals surface area contributed by atoms with Gasteiger partial charge in [0.05, 0.1) is 19.3 Å². The Morgan fingerprint density at radius 2 is 2.29 bits per heavy atom. The lowest BCUT2D eigenvalue weighted by Gasteiger charge is -2.00. The van der Waals surface area contributed by atoms with Gasteiger partial charge in [-0.1, -0.05) is 0 Å². The van der Waals surface area contributed by atoms with Crippen molar-refractivity contribution >= 4 is 18.2 Å². The Labute approximate surface area is 106 Å². The maximum absolute atomic E-state index is 8.75. The molecule has 0 saturated carbocycles. The second-order valence-electron chi connectivity index (χ2n) is 3.56. The number of aromatic nitrogens is 4. The first-order valence-electron chi connectivity index (χ1n) is 5.13. The molecule has 0 amide bonds. The van der Waals surface area contributed by atoms with Gasteiger partial charge in [0, 0.05) is 37.6 Å². The molecule has 7 heteroatoms. The van der Waals surface area contributed by atoms with Crippen LogP contribution in [-0.2, 0) is 20.1 Å². The normalized spacial score (nSPS) is 10.0. The molecule has 94 valence electrons. The summed E-state index contributed by atoms with van der Waals surface area (Å²) in [6.45, 7) is 1.32. The summed E-state index contributed by atoms with van der Waals surface area (Å²) < 4.78 is 3.47. The maximum atomic E-state index is 8.75. The molecule has 0 aliphatic heterocycles. The van der Waals surface area contributed by atoms with E-state index >= 15 is 0 Å². The van der Waals surface area contributed by atoms with Crippen LogP contribution in [0.25, 0.3) is 0 Å². The SMILES string of the molecule is Cl.Cn1cc(CNc2ccn(CCO)n2)cn1. The number of nitrogens with one attached hydrogen (secondary N) is 1. The first-order chi connectivity index (χ1) is 7.78. The highest BCUT2D eigenvalue weighted by Gasteiger charge is 1.99. The zero-order valence-corrected chi connectivity index (χ0v) is 10.4. The Balaban J connectivity index is 0.00000144. The van der Waals surface area contributed by atoms with Crippen LogP contribution >= 0.6 is 12.4 Å². The molecule has 0 aliphatic carbocycles. The van der Waals surface area contributed by atoms with Gasteiger partial charge in [-0.3, -0.25) is 9.36 Å². The lowest BCUT2D eigenvalue weighted by Crippen LogP contribution is -2.04. The molecule has 17 heavy (non-hydrogen) atoms. The van der Waals surface area contributed by atoms with E-state index in [1.54, 1.807) is 9.36 Å². The van der Waals surface area contributed by atoms with E-state index in [1.807, 2.05) is 31.7 Å².